The van der Waals surface area contributed by atoms with Gasteiger partial charge in [-0.2, -0.15) is 0 Å². The monoisotopic (exact) mass is 408 g/mol. The van der Waals surface area contributed by atoms with Crippen LogP contribution in [-0.4, -0.2) is 88.1 Å². The molecule has 0 aliphatic carbocycles. The molecule has 1 atom stereocenters. The van der Waals surface area contributed by atoms with E-state index in [1.165, 1.54) is 0 Å². The molecule has 1 heterocycles. The standard InChI is InChI=1S/C21H36N4O4/c1-6-22-21(23-13-16(2)15-26)25-9-7-24(8-10-25)14-17-11-18(27-3)20(29-5)19(12-17)28-4/h11-12,16,26H,6-10,13-15H2,1-5H3,(H,22,23). The molecule has 0 radical (unpaired) electrons. The van der Waals surface area contributed by atoms with Crippen molar-refractivity contribution in [2.45, 2.75) is 20.4 Å². The average Bonchev–Trinajstić information content (AvgIpc) is 2.76. The fraction of sp³-hybridized carbons (Fsp3) is 0.667. The highest BCUT2D eigenvalue weighted by Gasteiger charge is 2.21. The lowest BCUT2D eigenvalue weighted by atomic mass is 10.1. The molecule has 0 saturated carbocycles. The minimum Gasteiger partial charge on any atom is -0.493 e. The molecule has 1 aliphatic heterocycles. The Bertz CT molecular complexity index is 635. The number of benzene rings is 1. The van der Waals surface area contributed by atoms with E-state index >= 15 is 0 Å². The summed E-state index contributed by atoms with van der Waals surface area (Å²) in [4.78, 5) is 9.39. The summed E-state index contributed by atoms with van der Waals surface area (Å²) in [5.74, 6) is 3.08. The summed E-state index contributed by atoms with van der Waals surface area (Å²) >= 11 is 0. The van der Waals surface area contributed by atoms with Crippen LogP contribution in [-0.2, 0) is 6.54 Å². The minimum absolute atomic E-state index is 0.158. The molecule has 1 unspecified atom stereocenters. The van der Waals surface area contributed by atoms with Crippen molar-refractivity contribution in [3.8, 4) is 17.2 Å². The third-order valence-electron chi connectivity index (χ3n) is 5.00. The van der Waals surface area contributed by atoms with Gasteiger partial charge in [0.15, 0.2) is 17.5 Å². The van der Waals surface area contributed by atoms with Crippen LogP contribution in [0.3, 0.4) is 0 Å². The van der Waals surface area contributed by atoms with E-state index in [4.69, 9.17) is 14.2 Å². The van der Waals surface area contributed by atoms with Gasteiger partial charge in [-0.05, 0) is 30.5 Å². The van der Waals surface area contributed by atoms with Crippen LogP contribution in [0.1, 0.15) is 19.4 Å². The molecule has 2 rings (SSSR count). The predicted octanol–water partition coefficient (Wildman–Crippen LogP) is 1.42. The quantitative estimate of drug-likeness (QED) is 0.473. The number of rotatable bonds is 9. The lowest BCUT2D eigenvalue weighted by Gasteiger charge is -2.36. The number of methoxy groups -OCH3 is 3. The van der Waals surface area contributed by atoms with Crippen LogP contribution in [0.15, 0.2) is 17.1 Å². The second-order valence-corrected chi connectivity index (χ2v) is 7.28. The Morgan fingerprint density at radius 1 is 1.10 bits per heavy atom. The maximum atomic E-state index is 9.23. The molecule has 1 fully saturated rings. The topological polar surface area (TPSA) is 78.8 Å². The number of nitrogens with zero attached hydrogens (tertiary/aromatic N) is 3. The zero-order valence-electron chi connectivity index (χ0n) is 18.4. The molecular formula is C21H36N4O4. The van der Waals surface area contributed by atoms with E-state index in [0.29, 0.717) is 23.8 Å². The van der Waals surface area contributed by atoms with Gasteiger partial charge in [-0.1, -0.05) is 6.92 Å². The molecule has 1 aliphatic rings. The summed E-state index contributed by atoms with van der Waals surface area (Å²) in [5, 5.41) is 12.6. The van der Waals surface area contributed by atoms with Crippen LogP contribution in [0.5, 0.6) is 17.2 Å². The zero-order chi connectivity index (χ0) is 21.2. The van der Waals surface area contributed by atoms with Crippen LogP contribution in [0, 0.1) is 5.92 Å². The maximum Gasteiger partial charge on any atom is 0.203 e. The van der Waals surface area contributed by atoms with Gasteiger partial charge in [-0.25, -0.2) is 0 Å². The predicted molar refractivity (Wildman–Crippen MR) is 115 cm³/mol. The molecule has 0 bridgehead atoms. The van der Waals surface area contributed by atoms with E-state index in [1.54, 1.807) is 21.3 Å². The Hall–Kier alpha value is -2.19. The van der Waals surface area contributed by atoms with Crippen molar-refractivity contribution in [2.75, 3.05) is 67.2 Å². The number of ether oxygens (including phenoxy) is 3. The second-order valence-electron chi connectivity index (χ2n) is 7.28. The largest absolute Gasteiger partial charge is 0.493 e. The fourth-order valence-corrected chi connectivity index (χ4v) is 3.33. The van der Waals surface area contributed by atoms with Gasteiger partial charge in [0.05, 0.1) is 21.3 Å². The first-order valence-corrected chi connectivity index (χ1v) is 10.2. The van der Waals surface area contributed by atoms with Gasteiger partial charge in [-0.3, -0.25) is 9.89 Å². The highest BCUT2D eigenvalue weighted by Crippen LogP contribution is 2.38. The number of piperazine rings is 1. The number of hydrogen-bond acceptors (Lipinski definition) is 6. The number of guanidine groups is 1. The van der Waals surface area contributed by atoms with Crippen LogP contribution in [0.25, 0.3) is 0 Å². The average molecular weight is 409 g/mol. The SMILES string of the molecule is CCNC(=NCC(C)CO)N1CCN(Cc2cc(OC)c(OC)c(OC)c2)CC1. The summed E-state index contributed by atoms with van der Waals surface area (Å²) in [6.45, 7) is 10.2. The summed E-state index contributed by atoms with van der Waals surface area (Å²) in [6.07, 6.45) is 0. The smallest absolute Gasteiger partial charge is 0.203 e. The van der Waals surface area contributed by atoms with Gasteiger partial charge >= 0.3 is 0 Å². The van der Waals surface area contributed by atoms with Crippen LogP contribution in [0.2, 0.25) is 0 Å². The van der Waals surface area contributed by atoms with Crippen molar-refractivity contribution in [1.82, 2.24) is 15.1 Å². The number of aliphatic imine (C=N–C) groups is 1. The maximum absolute atomic E-state index is 9.23. The van der Waals surface area contributed by atoms with Gasteiger partial charge in [0.1, 0.15) is 0 Å². The van der Waals surface area contributed by atoms with Crippen molar-refractivity contribution in [3.63, 3.8) is 0 Å². The number of nitrogens with one attached hydrogen (secondary N) is 1. The van der Waals surface area contributed by atoms with E-state index in [2.05, 4.69) is 27.0 Å². The lowest BCUT2D eigenvalue weighted by Crippen LogP contribution is -2.52. The molecule has 0 amide bonds. The van der Waals surface area contributed by atoms with Crippen LogP contribution in [0.4, 0.5) is 0 Å². The first kappa shape index (κ1) is 23.1. The third kappa shape index (κ3) is 6.40. The van der Waals surface area contributed by atoms with Crippen molar-refractivity contribution in [1.29, 1.82) is 0 Å². The van der Waals surface area contributed by atoms with Crippen molar-refractivity contribution < 1.29 is 19.3 Å². The van der Waals surface area contributed by atoms with Gasteiger partial charge in [-0.15, -0.1) is 0 Å². The Morgan fingerprint density at radius 3 is 2.21 bits per heavy atom. The van der Waals surface area contributed by atoms with Crippen LogP contribution >= 0.6 is 0 Å². The third-order valence-corrected chi connectivity index (χ3v) is 5.00. The van der Waals surface area contributed by atoms with Crippen molar-refractivity contribution in [3.05, 3.63) is 17.7 Å². The molecule has 29 heavy (non-hydrogen) atoms. The summed E-state index contributed by atoms with van der Waals surface area (Å²) in [7, 11) is 4.89. The van der Waals surface area contributed by atoms with Gasteiger partial charge in [0, 0.05) is 52.4 Å². The van der Waals surface area contributed by atoms with Gasteiger partial charge < -0.3 is 29.5 Å². The van der Waals surface area contributed by atoms with E-state index in [0.717, 1.165) is 50.8 Å². The summed E-state index contributed by atoms with van der Waals surface area (Å²) in [5.41, 5.74) is 1.13. The van der Waals surface area contributed by atoms with Crippen molar-refractivity contribution >= 4 is 5.96 Å². The van der Waals surface area contributed by atoms with E-state index in [9.17, 15) is 5.11 Å². The fourth-order valence-electron chi connectivity index (χ4n) is 3.33. The Labute approximate surface area is 174 Å². The molecule has 8 nitrogen and oxygen atoms in total. The summed E-state index contributed by atoms with van der Waals surface area (Å²) < 4.78 is 16.3. The number of hydrogen-bond donors (Lipinski definition) is 2. The first-order chi connectivity index (χ1) is 14.1. The highest BCUT2D eigenvalue weighted by molar-refractivity contribution is 5.80. The summed E-state index contributed by atoms with van der Waals surface area (Å²) in [6, 6.07) is 4.02. The van der Waals surface area contributed by atoms with Gasteiger partial charge in [0.2, 0.25) is 5.75 Å². The first-order valence-electron chi connectivity index (χ1n) is 10.2. The molecule has 0 aromatic heterocycles. The van der Waals surface area contributed by atoms with E-state index in [1.807, 2.05) is 19.1 Å². The Morgan fingerprint density at radius 2 is 1.72 bits per heavy atom. The normalized spacial score (nSPS) is 16.5. The second kappa shape index (κ2) is 11.7. The minimum atomic E-state index is 0.158. The van der Waals surface area contributed by atoms with Gasteiger partial charge in [0.25, 0.3) is 0 Å². The molecule has 0 spiro atoms. The molecule has 1 aromatic carbocycles. The number of aliphatic hydroxyl groups excluding tert-OH is 1. The molecule has 1 aromatic rings. The van der Waals surface area contributed by atoms with E-state index in [-0.39, 0.29) is 12.5 Å². The molecule has 1 saturated heterocycles. The Kier molecular flexibility index (Phi) is 9.34. The molecule has 8 heteroatoms. The molecule has 164 valence electrons. The molecular weight excluding hydrogens is 372 g/mol. The Balaban J connectivity index is 2.00. The van der Waals surface area contributed by atoms with Crippen molar-refractivity contribution in [2.24, 2.45) is 10.9 Å². The van der Waals surface area contributed by atoms with Crippen LogP contribution < -0.4 is 19.5 Å². The molecule has 2 N–H and O–H groups in total. The number of aliphatic hydroxyl groups is 1. The lowest BCUT2D eigenvalue weighted by molar-refractivity contribution is 0.171. The zero-order valence-corrected chi connectivity index (χ0v) is 18.4. The highest BCUT2D eigenvalue weighted by atomic mass is 16.5. The van der Waals surface area contributed by atoms with E-state index < -0.39 is 0 Å².